The van der Waals surface area contributed by atoms with Crippen LogP contribution in [-0.4, -0.2) is 45.1 Å². The molecule has 1 N–H and O–H groups in total. The van der Waals surface area contributed by atoms with Gasteiger partial charge in [0.05, 0.1) is 10.9 Å². The van der Waals surface area contributed by atoms with E-state index in [1.165, 1.54) is 17.7 Å². The number of carbonyl (C=O) groups is 1. The fourth-order valence-corrected chi connectivity index (χ4v) is 4.30. The molecule has 26 heavy (non-hydrogen) atoms. The monoisotopic (exact) mass is 394 g/mol. The number of nitrogens with zero attached hydrogens (tertiary/aromatic N) is 1. The van der Waals surface area contributed by atoms with Crippen LogP contribution in [0.15, 0.2) is 39.9 Å². The highest BCUT2D eigenvalue weighted by Gasteiger charge is 2.21. The van der Waals surface area contributed by atoms with Crippen LogP contribution in [0.4, 0.5) is 0 Å². The first-order chi connectivity index (χ1) is 12.3. The zero-order chi connectivity index (χ0) is 19.3. The number of nitrogens with one attached hydrogen (secondary N) is 1. The summed E-state index contributed by atoms with van der Waals surface area (Å²) < 4.78 is 23.5. The average Bonchev–Trinajstić information content (AvgIpc) is 3.12. The Hall–Kier alpha value is -1.70. The Bertz CT molecular complexity index is 842. The number of hydrogen-bond donors (Lipinski definition) is 1. The van der Waals surface area contributed by atoms with Gasteiger partial charge in [0, 0.05) is 18.4 Å². The van der Waals surface area contributed by atoms with Crippen LogP contribution in [0, 0.1) is 6.92 Å². The molecule has 0 spiro atoms. The molecule has 1 atom stereocenters. The summed E-state index contributed by atoms with van der Waals surface area (Å²) in [6.45, 7) is 8.25. The highest BCUT2D eigenvalue weighted by Crippen LogP contribution is 2.23. The van der Waals surface area contributed by atoms with Crippen molar-refractivity contribution in [2.24, 2.45) is 0 Å². The van der Waals surface area contributed by atoms with E-state index in [2.05, 4.69) is 35.5 Å². The highest BCUT2D eigenvalue weighted by atomic mass is 32.2. The van der Waals surface area contributed by atoms with Crippen molar-refractivity contribution < 1.29 is 13.2 Å². The molecule has 0 saturated carbocycles. The summed E-state index contributed by atoms with van der Waals surface area (Å²) in [4.78, 5) is 15.1. The van der Waals surface area contributed by atoms with E-state index in [9.17, 15) is 13.2 Å². The third kappa shape index (κ3) is 4.93. The van der Waals surface area contributed by atoms with Gasteiger partial charge in [0.25, 0.3) is 5.91 Å². The third-order valence-corrected chi connectivity index (χ3v) is 6.33. The molecule has 0 bridgehead atoms. The fraction of sp³-hybridized carbons (Fsp3) is 0.421. The van der Waals surface area contributed by atoms with Gasteiger partial charge in [-0.1, -0.05) is 19.9 Å². The number of hydrogen-bond acceptors (Lipinski definition) is 5. The summed E-state index contributed by atoms with van der Waals surface area (Å²) in [5.74, 6) is -0.250. The molecule has 1 heterocycles. The molecule has 0 aliphatic carbocycles. The second-order valence-corrected chi connectivity index (χ2v) is 9.05. The Morgan fingerprint density at radius 1 is 1.23 bits per heavy atom. The Morgan fingerprint density at radius 3 is 2.46 bits per heavy atom. The van der Waals surface area contributed by atoms with Gasteiger partial charge in [0.2, 0.25) is 0 Å². The first-order valence-corrected chi connectivity index (χ1v) is 11.5. The zero-order valence-electron chi connectivity index (χ0n) is 15.7. The maximum absolute atomic E-state index is 12.7. The molecule has 5 nitrogen and oxygen atoms in total. The molecule has 0 fully saturated rings. The molecule has 0 saturated heterocycles. The highest BCUT2D eigenvalue weighted by molar-refractivity contribution is 7.90. The summed E-state index contributed by atoms with van der Waals surface area (Å²) in [5, 5.41) is 7.12. The third-order valence-electron chi connectivity index (χ3n) is 4.52. The Morgan fingerprint density at radius 2 is 1.92 bits per heavy atom. The van der Waals surface area contributed by atoms with Gasteiger partial charge < -0.3 is 5.32 Å². The summed E-state index contributed by atoms with van der Waals surface area (Å²) in [7, 11) is -3.35. The Balaban J connectivity index is 2.21. The van der Waals surface area contributed by atoms with Gasteiger partial charge in [0.15, 0.2) is 9.84 Å². The van der Waals surface area contributed by atoms with Crippen LogP contribution >= 0.6 is 11.3 Å². The van der Waals surface area contributed by atoms with E-state index in [1.807, 2.05) is 12.3 Å². The van der Waals surface area contributed by atoms with E-state index in [1.54, 1.807) is 17.4 Å². The number of benzene rings is 1. The smallest absolute Gasteiger partial charge is 0.251 e. The number of rotatable bonds is 8. The molecule has 1 unspecified atom stereocenters. The first kappa shape index (κ1) is 20.6. The van der Waals surface area contributed by atoms with E-state index >= 15 is 0 Å². The van der Waals surface area contributed by atoms with Gasteiger partial charge in [-0.2, -0.15) is 11.3 Å². The van der Waals surface area contributed by atoms with E-state index in [4.69, 9.17) is 0 Å². The SMILES string of the molecule is CCN(CC)C(CNC(=O)c1cc(S(C)(=O)=O)ccc1C)c1ccsc1. The summed E-state index contributed by atoms with van der Waals surface area (Å²) in [6, 6.07) is 6.84. The zero-order valence-corrected chi connectivity index (χ0v) is 17.3. The van der Waals surface area contributed by atoms with Crippen LogP contribution in [0.5, 0.6) is 0 Å². The normalized spacial score (nSPS) is 13.0. The molecule has 142 valence electrons. The molecular weight excluding hydrogens is 368 g/mol. The van der Waals surface area contributed by atoms with E-state index in [-0.39, 0.29) is 16.8 Å². The van der Waals surface area contributed by atoms with Crippen molar-refractivity contribution >= 4 is 27.1 Å². The van der Waals surface area contributed by atoms with Crippen molar-refractivity contribution in [2.75, 3.05) is 25.9 Å². The number of likely N-dealkylation sites (N-methyl/N-ethyl adjacent to an activating group) is 1. The molecule has 0 aliphatic rings. The van der Waals surface area contributed by atoms with E-state index < -0.39 is 9.84 Å². The standard InChI is InChI=1S/C19H26N2O3S2/c1-5-21(6-2)18(15-9-10-25-13-15)12-20-19(22)17-11-16(26(4,23)24)8-7-14(17)3/h7-11,13,18H,5-6,12H2,1-4H3,(H,20,22). The molecule has 1 aromatic carbocycles. The molecule has 1 aromatic heterocycles. The van der Waals surface area contributed by atoms with Crippen LogP contribution in [-0.2, 0) is 9.84 Å². The molecule has 0 aliphatic heterocycles. The van der Waals surface area contributed by atoms with Crippen molar-refractivity contribution in [3.8, 4) is 0 Å². The topological polar surface area (TPSA) is 66.5 Å². The predicted molar refractivity (Wildman–Crippen MR) is 107 cm³/mol. The van der Waals surface area contributed by atoms with Crippen molar-refractivity contribution in [1.29, 1.82) is 0 Å². The minimum absolute atomic E-state index is 0.0959. The van der Waals surface area contributed by atoms with Crippen LogP contribution in [0.2, 0.25) is 0 Å². The molecule has 1 amide bonds. The minimum Gasteiger partial charge on any atom is -0.350 e. The molecule has 2 aromatic rings. The summed E-state index contributed by atoms with van der Waals surface area (Å²) >= 11 is 1.64. The van der Waals surface area contributed by atoms with Crippen LogP contribution in [0.1, 0.15) is 41.4 Å². The van der Waals surface area contributed by atoms with E-state index in [0.29, 0.717) is 12.1 Å². The van der Waals surface area contributed by atoms with Gasteiger partial charge in [-0.05, 0) is 60.1 Å². The number of amides is 1. The van der Waals surface area contributed by atoms with Gasteiger partial charge in [-0.15, -0.1) is 0 Å². The lowest BCUT2D eigenvalue weighted by molar-refractivity contribution is 0.0934. The molecule has 7 heteroatoms. The van der Waals surface area contributed by atoms with Crippen molar-refractivity contribution in [2.45, 2.75) is 31.7 Å². The quantitative estimate of drug-likeness (QED) is 0.746. The van der Waals surface area contributed by atoms with Gasteiger partial charge in [-0.3, -0.25) is 9.69 Å². The summed E-state index contributed by atoms with van der Waals surface area (Å²) in [6.07, 6.45) is 1.15. The minimum atomic E-state index is -3.35. The number of aryl methyl sites for hydroxylation is 1. The number of sulfone groups is 1. The lowest BCUT2D eigenvalue weighted by atomic mass is 10.1. The van der Waals surface area contributed by atoms with E-state index in [0.717, 1.165) is 24.9 Å². The Kier molecular flexibility index (Phi) is 6.97. The summed E-state index contributed by atoms with van der Waals surface area (Å²) in [5.41, 5.74) is 2.34. The first-order valence-electron chi connectivity index (χ1n) is 8.63. The average molecular weight is 395 g/mol. The number of carbonyl (C=O) groups excluding carboxylic acids is 1. The maximum Gasteiger partial charge on any atom is 0.251 e. The molecular formula is C19H26N2O3S2. The van der Waals surface area contributed by atoms with Crippen LogP contribution in [0.3, 0.4) is 0 Å². The largest absolute Gasteiger partial charge is 0.350 e. The lowest BCUT2D eigenvalue weighted by Crippen LogP contribution is -2.38. The second-order valence-electron chi connectivity index (χ2n) is 6.25. The Labute approximate surface area is 160 Å². The van der Waals surface area contributed by atoms with Gasteiger partial charge in [-0.25, -0.2) is 8.42 Å². The van der Waals surface area contributed by atoms with Crippen molar-refractivity contribution in [3.63, 3.8) is 0 Å². The van der Waals surface area contributed by atoms with Gasteiger partial charge >= 0.3 is 0 Å². The van der Waals surface area contributed by atoms with Crippen LogP contribution < -0.4 is 5.32 Å². The van der Waals surface area contributed by atoms with Crippen molar-refractivity contribution in [1.82, 2.24) is 10.2 Å². The lowest BCUT2D eigenvalue weighted by Gasteiger charge is -2.29. The van der Waals surface area contributed by atoms with Crippen LogP contribution in [0.25, 0.3) is 0 Å². The molecule has 2 rings (SSSR count). The predicted octanol–water partition coefficient (Wildman–Crippen LogP) is 3.27. The fourth-order valence-electron chi connectivity index (χ4n) is 2.95. The second kappa shape index (κ2) is 8.79. The molecule has 0 radical (unpaired) electrons. The maximum atomic E-state index is 12.7. The number of thiophene rings is 1. The van der Waals surface area contributed by atoms with Gasteiger partial charge in [0.1, 0.15) is 0 Å². The van der Waals surface area contributed by atoms with Crippen molar-refractivity contribution in [3.05, 3.63) is 51.7 Å².